The molecule has 17 heavy (non-hydrogen) atoms. The van der Waals surface area contributed by atoms with Crippen LogP contribution in [0.2, 0.25) is 5.02 Å². The van der Waals surface area contributed by atoms with Crippen LogP contribution in [0.3, 0.4) is 0 Å². The molecule has 1 aromatic carbocycles. The molecular formula is C12H11ClN2OS. The highest BCUT2D eigenvalue weighted by atomic mass is 35.5. The Bertz CT molecular complexity index is 496. The zero-order valence-electron chi connectivity index (χ0n) is 9.18. The van der Waals surface area contributed by atoms with Crippen LogP contribution in [0.4, 0.5) is 5.69 Å². The second-order valence-corrected chi connectivity index (χ2v) is 4.60. The lowest BCUT2D eigenvalue weighted by Gasteiger charge is -2.09. The molecule has 0 atom stereocenters. The van der Waals surface area contributed by atoms with E-state index in [2.05, 4.69) is 4.98 Å². The lowest BCUT2D eigenvalue weighted by molar-refractivity contribution is 0.484. The molecule has 3 nitrogen and oxygen atoms in total. The average molecular weight is 267 g/mol. The van der Waals surface area contributed by atoms with Gasteiger partial charge in [-0.05, 0) is 30.5 Å². The van der Waals surface area contributed by atoms with Crippen LogP contribution >= 0.6 is 23.4 Å². The molecule has 0 spiro atoms. The van der Waals surface area contributed by atoms with E-state index >= 15 is 0 Å². The monoisotopic (exact) mass is 266 g/mol. The van der Waals surface area contributed by atoms with Crippen LogP contribution in [0.1, 0.15) is 0 Å². The smallest absolute Gasteiger partial charge is 0.172 e. The number of aromatic nitrogens is 1. The zero-order valence-corrected chi connectivity index (χ0v) is 10.8. The highest BCUT2D eigenvalue weighted by Crippen LogP contribution is 2.34. The van der Waals surface area contributed by atoms with Crippen molar-refractivity contribution in [2.75, 3.05) is 12.0 Å². The number of ether oxygens (including phenoxy) is 1. The van der Waals surface area contributed by atoms with Gasteiger partial charge in [0.15, 0.2) is 5.75 Å². The van der Waals surface area contributed by atoms with Crippen molar-refractivity contribution >= 4 is 29.1 Å². The van der Waals surface area contributed by atoms with Crippen LogP contribution in [-0.4, -0.2) is 11.2 Å². The Labute approximate surface area is 109 Å². The third-order valence-corrected chi connectivity index (χ3v) is 3.17. The highest BCUT2D eigenvalue weighted by molar-refractivity contribution is 7.98. The van der Waals surface area contributed by atoms with Crippen LogP contribution in [0.5, 0.6) is 11.5 Å². The molecule has 0 aliphatic carbocycles. The second kappa shape index (κ2) is 5.29. The summed E-state index contributed by atoms with van der Waals surface area (Å²) in [5, 5.41) is 0.402. The summed E-state index contributed by atoms with van der Waals surface area (Å²) < 4.78 is 5.63. The summed E-state index contributed by atoms with van der Waals surface area (Å²) in [6.45, 7) is 0. The van der Waals surface area contributed by atoms with Crippen molar-refractivity contribution < 1.29 is 4.74 Å². The Balaban J connectivity index is 2.25. The quantitative estimate of drug-likeness (QED) is 0.858. The van der Waals surface area contributed by atoms with E-state index in [1.165, 1.54) is 17.3 Å². The van der Waals surface area contributed by atoms with Crippen molar-refractivity contribution in [3.8, 4) is 11.5 Å². The van der Waals surface area contributed by atoms with Crippen molar-refractivity contribution in [1.29, 1.82) is 0 Å². The summed E-state index contributed by atoms with van der Waals surface area (Å²) in [6.07, 6.45) is 5.04. The van der Waals surface area contributed by atoms with Gasteiger partial charge in [-0.2, -0.15) is 0 Å². The summed E-state index contributed by atoms with van der Waals surface area (Å²) in [5.41, 5.74) is 6.17. The number of halogens is 1. The molecule has 0 saturated carbocycles. The Hall–Kier alpha value is -1.39. The molecule has 0 fully saturated rings. The minimum absolute atomic E-state index is 0.402. The van der Waals surface area contributed by atoms with Gasteiger partial charge in [-0.1, -0.05) is 11.6 Å². The summed E-state index contributed by atoms with van der Waals surface area (Å²) in [6, 6.07) is 7.71. The molecule has 0 saturated heterocycles. The van der Waals surface area contributed by atoms with Crippen molar-refractivity contribution in [2.24, 2.45) is 0 Å². The van der Waals surface area contributed by atoms with Crippen LogP contribution in [0, 0.1) is 0 Å². The highest BCUT2D eigenvalue weighted by Gasteiger charge is 2.07. The molecular weight excluding hydrogens is 256 g/mol. The van der Waals surface area contributed by atoms with Gasteiger partial charge in [-0.25, -0.2) is 0 Å². The van der Waals surface area contributed by atoms with Gasteiger partial charge in [0.25, 0.3) is 0 Å². The van der Waals surface area contributed by atoms with Crippen LogP contribution in [-0.2, 0) is 0 Å². The maximum Gasteiger partial charge on any atom is 0.172 e. The molecule has 88 valence electrons. The Morgan fingerprint density at radius 3 is 2.53 bits per heavy atom. The fourth-order valence-electron chi connectivity index (χ4n) is 1.31. The second-order valence-electron chi connectivity index (χ2n) is 3.32. The van der Waals surface area contributed by atoms with E-state index in [0.29, 0.717) is 22.2 Å². The molecule has 2 aromatic rings. The van der Waals surface area contributed by atoms with E-state index in [0.717, 1.165) is 0 Å². The first kappa shape index (κ1) is 12.1. The summed E-state index contributed by atoms with van der Waals surface area (Å²) >= 11 is 7.64. The van der Waals surface area contributed by atoms with E-state index in [-0.39, 0.29) is 0 Å². The molecule has 2 rings (SSSR count). The lowest BCUT2D eigenvalue weighted by Crippen LogP contribution is -1.93. The molecule has 0 unspecified atom stereocenters. The fraction of sp³-hybridized carbons (Fsp3) is 0.0833. The van der Waals surface area contributed by atoms with E-state index < -0.39 is 0 Å². The Kier molecular flexibility index (Phi) is 3.76. The molecule has 0 amide bonds. The molecule has 0 bridgehead atoms. The van der Waals surface area contributed by atoms with Gasteiger partial charge in [-0.15, -0.1) is 11.8 Å². The molecule has 0 radical (unpaired) electrons. The van der Waals surface area contributed by atoms with Gasteiger partial charge in [0.2, 0.25) is 0 Å². The van der Waals surface area contributed by atoms with Crippen molar-refractivity contribution in [1.82, 2.24) is 4.98 Å². The van der Waals surface area contributed by atoms with Crippen molar-refractivity contribution in [3.63, 3.8) is 0 Å². The fourth-order valence-corrected chi connectivity index (χ4v) is 1.92. The van der Waals surface area contributed by atoms with Gasteiger partial charge in [-0.3, -0.25) is 4.98 Å². The molecule has 1 heterocycles. The number of benzene rings is 1. The van der Waals surface area contributed by atoms with Crippen LogP contribution in [0.25, 0.3) is 0 Å². The molecule has 0 aliphatic rings. The first-order valence-corrected chi connectivity index (χ1v) is 6.52. The first-order valence-electron chi connectivity index (χ1n) is 4.91. The normalized spacial score (nSPS) is 10.2. The standard InChI is InChI=1S/C12H11ClN2OS/c1-17-9-4-2-8(3-5-9)16-12-10(13)6-15-7-11(12)14/h2-7H,14H2,1H3. The SMILES string of the molecule is CSc1ccc(Oc2c(N)cncc2Cl)cc1. The number of pyridine rings is 1. The molecule has 1 aromatic heterocycles. The summed E-state index contributed by atoms with van der Waals surface area (Å²) in [7, 11) is 0. The average Bonchev–Trinajstić information content (AvgIpc) is 2.35. The van der Waals surface area contributed by atoms with Gasteiger partial charge in [0.1, 0.15) is 10.8 Å². The van der Waals surface area contributed by atoms with Gasteiger partial charge >= 0.3 is 0 Å². The number of anilines is 1. The third-order valence-electron chi connectivity index (χ3n) is 2.16. The third kappa shape index (κ3) is 2.84. The summed E-state index contributed by atoms with van der Waals surface area (Å²) in [4.78, 5) is 5.05. The zero-order chi connectivity index (χ0) is 12.3. The number of hydrogen-bond acceptors (Lipinski definition) is 4. The molecule has 2 N–H and O–H groups in total. The number of rotatable bonds is 3. The predicted octanol–water partition coefficient (Wildman–Crippen LogP) is 3.83. The number of nitrogens with two attached hydrogens (primary N) is 1. The Morgan fingerprint density at radius 1 is 1.24 bits per heavy atom. The van der Waals surface area contributed by atoms with Gasteiger partial charge in [0.05, 0.1) is 11.9 Å². The van der Waals surface area contributed by atoms with Crippen LogP contribution < -0.4 is 10.5 Å². The van der Waals surface area contributed by atoms with E-state index in [1.54, 1.807) is 11.8 Å². The number of nitrogens with zero attached hydrogens (tertiary/aromatic N) is 1. The first-order chi connectivity index (χ1) is 8.20. The van der Waals surface area contributed by atoms with Crippen molar-refractivity contribution in [3.05, 3.63) is 41.7 Å². The molecule has 0 aliphatic heterocycles. The maximum absolute atomic E-state index is 5.97. The van der Waals surface area contributed by atoms with Crippen molar-refractivity contribution in [2.45, 2.75) is 4.90 Å². The van der Waals surface area contributed by atoms with Gasteiger partial charge < -0.3 is 10.5 Å². The number of thioether (sulfide) groups is 1. The summed E-state index contributed by atoms with van der Waals surface area (Å²) in [5.74, 6) is 1.14. The van der Waals surface area contributed by atoms with E-state index in [1.807, 2.05) is 30.5 Å². The topological polar surface area (TPSA) is 48.1 Å². The van der Waals surface area contributed by atoms with Gasteiger partial charge in [0, 0.05) is 11.1 Å². The maximum atomic E-state index is 5.97. The lowest BCUT2D eigenvalue weighted by atomic mass is 10.3. The van der Waals surface area contributed by atoms with E-state index in [4.69, 9.17) is 22.1 Å². The Morgan fingerprint density at radius 2 is 1.94 bits per heavy atom. The predicted molar refractivity (Wildman–Crippen MR) is 72.0 cm³/mol. The largest absolute Gasteiger partial charge is 0.454 e. The molecule has 5 heteroatoms. The minimum Gasteiger partial charge on any atom is -0.454 e. The van der Waals surface area contributed by atoms with Crippen LogP contribution in [0.15, 0.2) is 41.6 Å². The number of hydrogen-bond donors (Lipinski definition) is 1. The number of nitrogen functional groups attached to an aromatic ring is 1. The van der Waals surface area contributed by atoms with E-state index in [9.17, 15) is 0 Å². The minimum atomic E-state index is 0.402.